The molecule has 0 radical (unpaired) electrons. The summed E-state index contributed by atoms with van der Waals surface area (Å²) in [5.74, 6) is 0. The predicted molar refractivity (Wildman–Crippen MR) is 62.4 cm³/mol. The van der Waals surface area contributed by atoms with E-state index in [1.54, 1.807) is 12.4 Å². The van der Waals surface area contributed by atoms with Gasteiger partial charge in [-0.1, -0.05) is 0 Å². The summed E-state index contributed by atoms with van der Waals surface area (Å²) >= 11 is 0. The monoisotopic (exact) mass is 226 g/mol. The van der Waals surface area contributed by atoms with E-state index in [0.29, 0.717) is 12.8 Å². The minimum atomic E-state index is -0.755. The summed E-state index contributed by atoms with van der Waals surface area (Å²) in [6, 6.07) is 8.30. The highest BCUT2D eigenvalue weighted by molar-refractivity contribution is 5.16. The number of nitrogens with zero attached hydrogens (tertiary/aromatic N) is 4. The molecule has 2 heterocycles. The Bertz CT molecular complexity index is 431. The van der Waals surface area contributed by atoms with Gasteiger partial charge in [0.25, 0.3) is 0 Å². The van der Waals surface area contributed by atoms with E-state index < -0.39 is 5.41 Å². The fraction of sp³-hybridized carbons (Fsp3) is 0.462. The first-order chi connectivity index (χ1) is 8.28. The van der Waals surface area contributed by atoms with Crippen LogP contribution in [0.25, 0.3) is 0 Å². The molecule has 0 saturated carbocycles. The quantitative estimate of drug-likeness (QED) is 0.770. The van der Waals surface area contributed by atoms with Gasteiger partial charge in [0.1, 0.15) is 5.41 Å². The van der Waals surface area contributed by atoms with Crippen molar-refractivity contribution >= 4 is 0 Å². The highest BCUT2D eigenvalue weighted by atomic mass is 15.1. The fourth-order valence-corrected chi connectivity index (χ4v) is 2.09. The molecule has 0 unspecified atom stereocenters. The normalized spacial score (nSPS) is 19.2. The lowest BCUT2D eigenvalue weighted by Crippen LogP contribution is -2.38. The molecule has 0 spiro atoms. The maximum absolute atomic E-state index is 9.02. The third kappa shape index (κ3) is 2.61. The number of piperidine rings is 1. The Labute approximate surface area is 101 Å². The molecule has 1 aliphatic rings. The molecular weight excluding hydrogens is 212 g/mol. The van der Waals surface area contributed by atoms with Gasteiger partial charge >= 0.3 is 0 Å². The topological polar surface area (TPSA) is 63.7 Å². The van der Waals surface area contributed by atoms with Gasteiger partial charge in [0.2, 0.25) is 0 Å². The Balaban J connectivity index is 1.93. The zero-order valence-electron chi connectivity index (χ0n) is 9.63. The first-order valence-corrected chi connectivity index (χ1v) is 5.72. The molecule has 0 atom stereocenters. The molecule has 1 aromatic heterocycles. The summed E-state index contributed by atoms with van der Waals surface area (Å²) < 4.78 is 0. The molecule has 86 valence electrons. The molecule has 0 N–H and O–H groups in total. The number of hydrogen-bond acceptors (Lipinski definition) is 4. The average molecular weight is 226 g/mol. The summed E-state index contributed by atoms with van der Waals surface area (Å²) in [6.45, 7) is 2.49. The lowest BCUT2D eigenvalue weighted by Gasteiger charge is -2.33. The van der Waals surface area contributed by atoms with Gasteiger partial charge in [-0.05, 0) is 30.5 Å². The Kier molecular flexibility index (Phi) is 3.37. The summed E-state index contributed by atoms with van der Waals surface area (Å²) in [7, 11) is 0. The van der Waals surface area contributed by atoms with Crippen LogP contribution in [0.1, 0.15) is 18.4 Å². The lowest BCUT2D eigenvalue weighted by molar-refractivity contribution is 0.169. The second-order valence-corrected chi connectivity index (χ2v) is 4.44. The van der Waals surface area contributed by atoms with E-state index in [9.17, 15) is 0 Å². The first-order valence-electron chi connectivity index (χ1n) is 5.72. The molecular formula is C13H14N4. The van der Waals surface area contributed by atoms with Gasteiger partial charge in [0.15, 0.2) is 0 Å². The van der Waals surface area contributed by atoms with Crippen molar-refractivity contribution in [3.8, 4) is 12.1 Å². The summed E-state index contributed by atoms with van der Waals surface area (Å²) in [5, 5.41) is 18.0. The van der Waals surface area contributed by atoms with Crippen LogP contribution in [0, 0.1) is 28.1 Å². The van der Waals surface area contributed by atoms with E-state index in [2.05, 4.69) is 22.0 Å². The van der Waals surface area contributed by atoms with Crippen LogP contribution < -0.4 is 0 Å². The van der Waals surface area contributed by atoms with Crippen molar-refractivity contribution in [1.82, 2.24) is 9.88 Å². The minimum absolute atomic E-state index is 0.644. The third-order valence-corrected chi connectivity index (χ3v) is 3.29. The van der Waals surface area contributed by atoms with E-state index in [4.69, 9.17) is 10.5 Å². The van der Waals surface area contributed by atoms with Crippen LogP contribution >= 0.6 is 0 Å². The van der Waals surface area contributed by atoms with Crippen LogP contribution in [0.4, 0.5) is 0 Å². The van der Waals surface area contributed by atoms with Crippen molar-refractivity contribution in [3.05, 3.63) is 30.1 Å². The van der Waals surface area contributed by atoms with Gasteiger partial charge in [-0.15, -0.1) is 0 Å². The Morgan fingerprint density at radius 2 is 1.76 bits per heavy atom. The molecule has 1 aromatic rings. The van der Waals surface area contributed by atoms with Crippen LogP contribution in [-0.4, -0.2) is 23.0 Å². The van der Waals surface area contributed by atoms with E-state index in [0.717, 1.165) is 19.6 Å². The predicted octanol–water partition coefficient (Wildman–Crippen LogP) is 1.71. The highest BCUT2D eigenvalue weighted by Crippen LogP contribution is 2.30. The average Bonchev–Trinajstić information content (AvgIpc) is 2.41. The zero-order valence-corrected chi connectivity index (χ0v) is 9.63. The van der Waals surface area contributed by atoms with Crippen LogP contribution in [-0.2, 0) is 6.54 Å². The lowest BCUT2D eigenvalue weighted by atomic mass is 9.81. The number of hydrogen-bond donors (Lipinski definition) is 0. The molecule has 17 heavy (non-hydrogen) atoms. The van der Waals surface area contributed by atoms with Gasteiger partial charge in [-0.3, -0.25) is 9.88 Å². The number of nitriles is 2. The molecule has 1 aliphatic heterocycles. The molecule has 0 bridgehead atoms. The van der Waals surface area contributed by atoms with Crippen molar-refractivity contribution in [2.75, 3.05) is 13.1 Å². The molecule has 4 nitrogen and oxygen atoms in total. The fourth-order valence-electron chi connectivity index (χ4n) is 2.09. The Morgan fingerprint density at radius 1 is 1.18 bits per heavy atom. The maximum atomic E-state index is 9.02. The summed E-state index contributed by atoms with van der Waals surface area (Å²) in [5.41, 5.74) is 0.468. The maximum Gasteiger partial charge on any atom is 0.146 e. The molecule has 0 amide bonds. The van der Waals surface area contributed by atoms with Gasteiger partial charge in [0.05, 0.1) is 12.1 Å². The van der Waals surface area contributed by atoms with Gasteiger partial charge in [0, 0.05) is 32.0 Å². The van der Waals surface area contributed by atoms with E-state index in [1.165, 1.54) is 5.56 Å². The van der Waals surface area contributed by atoms with Crippen LogP contribution in [0.3, 0.4) is 0 Å². The first kappa shape index (κ1) is 11.6. The molecule has 2 rings (SSSR count). The van der Waals surface area contributed by atoms with E-state index in [1.807, 2.05) is 12.1 Å². The van der Waals surface area contributed by atoms with Gasteiger partial charge in [-0.25, -0.2) is 0 Å². The van der Waals surface area contributed by atoms with Gasteiger partial charge < -0.3 is 0 Å². The van der Waals surface area contributed by atoms with E-state index in [-0.39, 0.29) is 0 Å². The molecule has 1 saturated heterocycles. The minimum Gasteiger partial charge on any atom is -0.299 e. The standard InChI is InChI=1S/C13H14N4/c14-10-13(11-15)3-7-17(8-4-13)9-12-1-5-16-6-2-12/h1-2,5-6H,3-4,7-9H2. The largest absolute Gasteiger partial charge is 0.299 e. The van der Waals surface area contributed by atoms with Crippen molar-refractivity contribution in [2.45, 2.75) is 19.4 Å². The number of rotatable bonds is 2. The highest BCUT2D eigenvalue weighted by Gasteiger charge is 2.34. The van der Waals surface area contributed by atoms with Gasteiger partial charge in [-0.2, -0.15) is 10.5 Å². The second kappa shape index (κ2) is 4.95. The Hall–Kier alpha value is -1.91. The van der Waals surface area contributed by atoms with Crippen LogP contribution in [0.5, 0.6) is 0 Å². The van der Waals surface area contributed by atoms with Crippen molar-refractivity contribution in [2.24, 2.45) is 5.41 Å². The van der Waals surface area contributed by atoms with Crippen molar-refractivity contribution < 1.29 is 0 Å². The second-order valence-electron chi connectivity index (χ2n) is 4.44. The van der Waals surface area contributed by atoms with Crippen molar-refractivity contribution in [3.63, 3.8) is 0 Å². The summed E-state index contributed by atoms with van der Waals surface area (Å²) in [4.78, 5) is 6.26. The Morgan fingerprint density at radius 3 is 2.29 bits per heavy atom. The number of aromatic nitrogens is 1. The van der Waals surface area contributed by atoms with Crippen LogP contribution in [0.15, 0.2) is 24.5 Å². The third-order valence-electron chi connectivity index (χ3n) is 3.29. The van der Waals surface area contributed by atoms with E-state index >= 15 is 0 Å². The van der Waals surface area contributed by atoms with Crippen LogP contribution in [0.2, 0.25) is 0 Å². The smallest absolute Gasteiger partial charge is 0.146 e. The SMILES string of the molecule is N#CC1(C#N)CCN(Cc2ccncc2)CC1. The molecule has 1 fully saturated rings. The molecule has 0 aromatic carbocycles. The van der Waals surface area contributed by atoms with Crippen molar-refractivity contribution in [1.29, 1.82) is 10.5 Å². The molecule has 4 heteroatoms. The summed E-state index contributed by atoms with van der Waals surface area (Å²) in [6.07, 6.45) is 4.86. The zero-order chi connectivity index (χ0) is 12.1. The number of likely N-dealkylation sites (tertiary alicyclic amines) is 1. The number of pyridine rings is 1. The molecule has 0 aliphatic carbocycles.